The molecular formula is C17H27ClN2O. The van der Waals surface area contributed by atoms with E-state index in [1.54, 1.807) is 0 Å². The fraction of sp³-hybridized carbons (Fsp3) is 0.647. The van der Waals surface area contributed by atoms with Crippen LogP contribution in [0.25, 0.3) is 0 Å². The fourth-order valence-electron chi connectivity index (χ4n) is 2.69. The van der Waals surface area contributed by atoms with Crippen molar-refractivity contribution in [2.75, 3.05) is 26.2 Å². The molecule has 0 bridgehead atoms. The van der Waals surface area contributed by atoms with Crippen LogP contribution in [0.4, 0.5) is 0 Å². The minimum atomic E-state index is -0.0432. The average Bonchev–Trinajstić information content (AvgIpc) is 2.48. The van der Waals surface area contributed by atoms with Gasteiger partial charge in [-0.3, -0.25) is 4.90 Å². The molecule has 0 unspecified atom stereocenters. The summed E-state index contributed by atoms with van der Waals surface area (Å²) in [5.41, 5.74) is 1.27. The topological polar surface area (TPSA) is 35.5 Å². The van der Waals surface area contributed by atoms with E-state index in [1.165, 1.54) is 18.4 Å². The molecule has 0 aromatic heterocycles. The lowest BCUT2D eigenvalue weighted by atomic mass is 9.94. The quantitative estimate of drug-likeness (QED) is 0.848. The van der Waals surface area contributed by atoms with E-state index in [0.29, 0.717) is 6.04 Å². The number of halogens is 1. The summed E-state index contributed by atoms with van der Waals surface area (Å²) in [7, 11) is 0. The Balaban J connectivity index is 1.81. The Morgan fingerprint density at radius 2 is 2.05 bits per heavy atom. The van der Waals surface area contributed by atoms with Gasteiger partial charge in [0.2, 0.25) is 0 Å². The zero-order valence-corrected chi connectivity index (χ0v) is 13.9. The Morgan fingerprint density at radius 1 is 1.33 bits per heavy atom. The zero-order chi connectivity index (χ0) is 15.3. The SMILES string of the molecule is CC(C)(CO)CN[C@@H]1CCCN(Cc2ccc(Cl)cc2)C1. The average molecular weight is 311 g/mol. The van der Waals surface area contributed by atoms with Crippen LogP contribution in [-0.4, -0.2) is 42.3 Å². The predicted molar refractivity (Wildman–Crippen MR) is 88.6 cm³/mol. The molecule has 1 aromatic rings. The summed E-state index contributed by atoms with van der Waals surface area (Å²) in [4.78, 5) is 2.50. The van der Waals surface area contributed by atoms with Crippen molar-refractivity contribution in [1.82, 2.24) is 10.2 Å². The van der Waals surface area contributed by atoms with E-state index in [4.69, 9.17) is 11.6 Å². The highest BCUT2D eigenvalue weighted by Crippen LogP contribution is 2.17. The largest absolute Gasteiger partial charge is 0.396 e. The number of aliphatic hydroxyl groups is 1. The summed E-state index contributed by atoms with van der Waals surface area (Å²) in [5.74, 6) is 0. The first-order valence-electron chi connectivity index (χ1n) is 7.79. The maximum atomic E-state index is 9.33. The van der Waals surface area contributed by atoms with Crippen LogP contribution < -0.4 is 5.32 Å². The van der Waals surface area contributed by atoms with E-state index in [-0.39, 0.29) is 12.0 Å². The first-order chi connectivity index (χ1) is 9.98. The van der Waals surface area contributed by atoms with Crippen molar-refractivity contribution in [3.05, 3.63) is 34.9 Å². The molecule has 0 spiro atoms. The number of hydrogen-bond donors (Lipinski definition) is 2. The maximum Gasteiger partial charge on any atom is 0.0494 e. The molecule has 1 heterocycles. The number of rotatable bonds is 6. The highest BCUT2D eigenvalue weighted by molar-refractivity contribution is 6.30. The lowest BCUT2D eigenvalue weighted by Crippen LogP contribution is -2.48. The van der Waals surface area contributed by atoms with Gasteiger partial charge in [0.15, 0.2) is 0 Å². The van der Waals surface area contributed by atoms with E-state index in [9.17, 15) is 5.11 Å². The van der Waals surface area contributed by atoms with Crippen molar-refractivity contribution in [3.63, 3.8) is 0 Å². The standard InChI is InChI=1S/C17H27ClN2O/c1-17(2,13-21)12-19-16-4-3-9-20(11-16)10-14-5-7-15(18)8-6-14/h5-8,16,19,21H,3-4,9-13H2,1-2H3/t16-/m1/s1. The lowest BCUT2D eigenvalue weighted by molar-refractivity contribution is 0.135. The second kappa shape index (κ2) is 7.59. The fourth-order valence-corrected chi connectivity index (χ4v) is 2.82. The highest BCUT2D eigenvalue weighted by Gasteiger charge is 2.23. The van der Waals surface area contributed by atoms with Crippen molar-refractivity contribution in [2.24, 2.45) is 5.41 Å². The van der Waals surface area contributed by atoms with Gasteiger partial charge in [-0.2, -0.15) is 0 Å². The van der Waals surface area contributed by atoms with Crippen molar-refractivity contribution in [2.45, 2.75) is 39.3 Å². The van der Waals surface area contributed by atoms with Crippen LogP contribution in [0.3, 0.4) is 0 Å². The van der Waals surface area contributed by atoms with Crippen LogP contribution in [0.5, 0.6) is 0 Å². The van der Waals surface area contributed by atoms with Gasteiger partial charge in [0.25, 0.3) is 0 Å². The molecule has 0 amide bonds. The zero-order valence-electron chi connectivity index (χ0n) is 13.1. The Kier molecular flexibility index (Phi) is 6.06. The number of aliphatic hydroxyl groups excluding tert-OH is 1. The summed E-state index contributed by atoms with van der Waals surface area (Å²) in [5, 5.41) is 13.7. The van der Waals surface area contributed by atoms with Gasteiger partial charge in [0.1, 0.15) is 0 Å². The van der Waals surface area contributed by atoms with Crippen LogP contribution in [0.2, 0.25) is 5.02 Å². The van der Waals surface area contributed by atoms with E-state index < -0.39 is 0 Å². The van der Waals surface area contributed by atoms with Gasteiger partial charge in [0, 0.05) is 42.7 Å². The number of piperidine rings is 1. The van der Waals surface area contributed by atoms with Gasteiger partial charge >= 0.3 is 0 Å². The Bertz CT molecular complexity index is 433. The highest BCUT2D eigenvalue weighted by atomic mass is 35.5. The first kappa shape index (κ1) is 16.8. The molecule has 1 saturated heterocycles. The first-order valence-corrected chi connectivity index (χ1v) is 8.17. The molecular weight excluding hydrogens is 284 g/mol. The van der Waals surface area contributed by atoms with Crippen LogP contribution in [-0.2, 0) is 6.54 Å². The minimum absolute atomic E-state index is 0.0432. The molecule has 1 atom stereocenters. The lowest BCUT2D eigenvalue weighted by Gasteiger charge is -2.35. The van der Waals surface area contributed by atoms with Crippen LogP contribution in [0.1, 0.15) is 32.3 Å². The van der Waals surface area contributed by atoms with Gasteiger partial charge in [-0.1, -0.05) is 37.6 Å². The number of nitrogens with zero attached hydrogens (tertiary/aromatic N) is 1. The maximum absolute atomic E-state index is 9.33. The molecule has 0 aliphatic carbocycles. The summed E-state index contributed by atoms with van der Waals surface area (Å²) >= 11 is 5.93. The normalized spacial score (nSPS) is 20.7. The van der Waals surface area contributed by atoms with Gasteiger partial charge in [-0.15, -0.1) is 0 Å². The third-order valence-electron chi connectivity index (χ3n) is 4.12. The number of nitrogens with one attached hydrogen (secondary N) is 1. The van der Waals surface area contributed by atoms with E-state index in [0.717, 1.165) is 31.2 Å². The summed E-state index contributed by atoms with van der Waals surface area (Å²) in [6.45, 7) is 8.49. The summed E-state index contributed by atoms with van der Waals surface area (Å²) in [6, 6.07) is 8.65. The van der Waals surface area contributed by atoms with Crippen molar-refractivity contribution >= 4 is 11.6 Å². The van der Waals surface area contributed by atoms with Crippen LogP contribution in [0, 0.1) is 5.41 Å². The molecule has 21 heavy (non-hydrogen) atoms. The summed E-state index contributed by atoms with van der Waals surface area (Å²) < 4.78 is 0. The van der Waals surface area contributed by atoms with Gasteiger partial charge in [0.05, 0.1) is 0 Å². The van der Waals surface area contributed by atoms with Crippen LogP contribution in [0.15, 0.2) is 24.3 Å². The number of likely N-dealkylation sites (tertiary alicyclic amines) is 1. The second-order valence-corrected chi connectivity index (χ2v) is 7.34. The molecule has 0 saturated carbocycles. The smallest absolute Gasteiger partial charge is 0.0494 e. The van der Waals surface area contributed by atoms with Gasteiger partial charge < -0.3 is 10.4 Å². The number of benzene rings is 1. The number of hydrogen-bond acceptors (Lipinski definition) is 3. The molecule has 2 N–H and O–H groups in total. The molecule has 4 heteroatoms. The molecule has 1 aliphatic heterocycles. The predicted octanol–water partition coefficient (Wildman–Crippen LogP) is 2.91. The second-order valence-electron chi connectivity index (χ2n) is 6.90. The Morgan fingerprint density at radius 3 is 2.71 bits per heavy atom. The molecule has 3 nitrogen and oxygen atoms in total. The minimum Gasteiger partial charge on any atom is -0.396 e. The molecule has 1 fully saturated rings. The molecule has 0 radical (unpaired) electrons. The molecule has 1 aromatic carbocycles. The van der Waals surface area contributed by atoms with E-state index in [2.05, 4.69) is 36.2 Å². The van der Waals surface area contributed by atoms with Crippen LogP contribution >= 0.6 is 11.6 Å². The monoisotopic (exact) mass is 310 g/mol. The Hall–Kier alpha value is -0.610. The molecule has 118 valence electrons. The summed E-state index contributed by atoms with van der Waals surface area (Å²) in [6.07, 6.45) is 2.45. The van der Waals surface area contributed by atoms with E-state index in [1.807, 2.05) is 12.1 Å². The molecule has 1 aliphatic rings. The third-order valence-corrected chi connectivity index (χ3v) is 4.37. The van der Waals surface area contributed by atoms with Gasteiger partial charge in [-0.05, 0) is 37.1 Å². The van der Waals surface area contributed by atoms with E-state index >= 15 is 0 Å². The van der Waals surface area contributed by atoms with Crippen molar-refractivity contribution in [1.29, 1.82) is 0 Å². The third kappa shape index (κ3) is 5.59. The molecule has 2 rings (SSSR count). The van der Waals surface area contributed by atoms with Gasteiger partial charge in [-0.25, -0.2) is 0 Å². The van der Waals surface area contributed by atoms with Crippen molar-refractivity contribution < 1.29 is 5.11 Å². The Labute approximate surface area is 133 Å². The van der Waals surface area contributed by atoms with Crippen molar-refractivity contribution in [3.8, 4) is 0 Å².